The van der Waals surface area contributed by atoms with Crippen molar-refractivity contribution in [1.82, 2.24) is 0 Å². The van der Waals surface area contributed by atoms with Gasteiger partial charge >= 0.3 is 0 Å². The van der Waals surface area contributed by atoms with Gasteiger partial charge in [-0.25, -0.2) is 0 Å². The van der Waals surface area contributed by atoms with E-state index in [0.29, 0.717) is 0 Å². The topological polar surface area (TPSA) is 0 Å². The van der Waals surface area contributed by atoms with Crippen LogP contribution in [0.25, 0.3) is 64.6 Å². The molecular formula is C38H28. The van der Waals surface area contributed by atoms with Gasteiger partial charge in [-0.3, -0.25) is 0 Å². The lowest BCUT2D eigenvalue weighted by molar-refractivity contribution is 0.854. The Morgan fingerprint density at radius 3 is 1.63 bits per heavy atom. The van der Waals surface area contributed by atoms with Crippen LogP contribution >= 0.6 is 0 Å². The molecule has 0 amide bonds. The molecule has 2 aliphatic rings. The first-order chi connectivity index (χ1) is 18.7. The lowest BCUT2D eigenvalue weighted by atomic mass is 9.78. The smallest absolute Gasteiger partial charge is 0.00212 e. The Labute approximate surface area is 222 Å². The Hall–Kier alpha value is -4.16. The summed E-state index contributed by atoms with van der Waals surface area (Å²) in [7, 11) is 0. The zero-order chi connectivity index (χ0) is 25.1. The Morgan fingerprint density at radius 2 is 0.895 bits per heavy atom. The molecule has 8 aromatic carbocycles. The van der Waals surface area contributed by atoms with Gasteiger partial charge < -0.3 is 0 Å². The Morgan fingerprint density at radius 1 is 0.395 bits per heavy atom. The lowest BCUT2D eigenvalue weighted by Gasteiger charge is -2.26. The summed E-state index contributed by atoms with van der Waals surface area (Å²) in [6.07, 6.45) is 5.00. The minimum absolute atomic E-state index is 1.25. The van der Waals surface area contributed by atoms with Crippen LogP contribution in [0.3, 0.4) is 0 Å². The normalized spacial score (nSPS) is 14.2. The molecular weight excluding hydrogens is 456 g/mol. The quantitative estimate of drug-likeness (QED) is 0.188. The fourth-order valence-corrected chi connectivity index (χ4v) is 7.58. The first-order valence-corrected chi connectivity index (χ1v) is 14.0. The summed E-state index contributed by atoms with van der Waals surface area (Å²) < 4.78 is 0. The zero-order valence-electron chi connectivity index (χ0n) is 21.9. The molecule has 2 aliphatic carbocycles. The van der Waals surface area contributed by atoms with E-state index in [9.17, 15) is 0 Å². The first-order valence-electron chi connectivity index (χ1n) is 14.0. The second-order valence-corrected chi connectivity index (χ2v) is 11.6. The van der Waals surface area contributed by atoms with Gasteiger partial charge in [-0.05, 0) is 138 Å². The average molecular weight is 485 g/mol. The van der Waals surface area contributed by atoms with Crippen molar-refractivity contribution in [3.63, 3.8) is 0 Å². The van der Waals surface area contributed by atoms with Crippen LogP contribution in [0.2, 0.25) is 0 Å². The molecule has 0 aromatic heterocycles. The molecule has 0 aliphatic heterocycles. The average Bonchev–Trinajstić information content (AvgIpc) is 2.90. The van der Waals surface area contributed by atoms with Crippen molar-refractivity contribution in [2.75, 3.05) is 0 Å². The molecule has 0 spiro atoms. The summed E-state index contributed by atoms with van der Waals surface area (Å²) in [5.41, 5.74) is 9.10. The fourth-order valence-electron chi connectivity index (χ4n) is 7.58. The van der Waals surface area contributed by atoms with Crippen LogP contribution in [0.15, 0.2) is 84.9 Å². The Balaban J connectivity index is 0.000000111. The minimum Gasteiger partial charge on any atom is -0.0610 e. The number of aryl methyl sites for hydroxylation is 6. The van der Waals surface area contributed by atoms with Crippen LogP contribution in [-0.2, 0) is 25.7 Å². The highest BCUT2D eigenvalue weighted by Crippen LogP contribution is 2.44. The maximum Gasteiger partial charge on any atom is -0.00212 e. The summed E-state index contributed by atoms with van der Waals surface area (Å²) in [5, 5.41) is 17.4. The molecule has 0 saturated heterocycles. The van der Waals surface area contributed by atoms with Crippen molar-refractivity contribution in [2.45, 2.75) is 39.5 Å². The van der Waals surface area contributed by atoms with Crippen LogP contribution < -0.4 is 0 Å². The van der Waals surface area contributed by atoms with Crippen molar-refractivity contribution in [3.8, 4) is 0 Å². The van der Waals surface area contributed by atoms with Crippen molar-refractivity contribution in [2.24, 2.45) is 0 Å². The lowest BCUT2D eigenvalue weighted by Crippen LogP contribution is -2.10. The van der Waals surface area contributed by atoms with Crippen LogP contribution in [0.5, 0.6) is 0 Å². The molecule has 8 aromatic rings. The van der Waals surface area contributed by atoms with Crippen LogP contribution in [-0.4, -0.2) is 0 Å². The van der Waals surface area contributed by atoms with Gasteiger partial charge in [0, 0.05) is 0 Å². The maximum absolute atomic E-state index is 2.41. The molecule has 0 N–H and O–H groups in total. The van der Waals surface area contributed by atoms with Gasteiger partial charge in [0.2, 0.25) is 0 Å². The molecule has 0 heterocycles. The number of rotatable bonds is 0. The zero-order valence-corrected chi connectivity index (χ0v) is 21.9. The molecule has 10 rings (SSSR count). The number of hydrogen-bond acceptors (Lipinski definition) is 0. The summed E-state index contributed by atoms with van der Waals surface area (Å²) in [5.74, 6) is 0. The summed E-state index contributed by atoms with van der Waals surface area (Å²) in [6.45, 7) is 4.43. The predicted octanol–water partition coefficient (Wildman–Crippen LogP) is 9.98. The summed E-state index contributed by atoms with van der Waals surface area (Å²) >= 11 is 0. The van der Waals surface area contributed by atoms with Gasteiger partial charge in [0.15, 0.2) is 0 Å². The first kappa shape index (κ1) is 20.8. The van der Waals surface area contributed by atoms with E-state index in [4.69, 9.17) is 0 Å². The highest BCUT2D eigenvalue weighted by Gasteiger charge is 2.23. The Kier molecular flexibility index (Phi) is 3.97. The summed E-state index contributed by atoms with van der Waals surface area (Å²) in [4.78, 5) is 0. The van der Waals surface area contributed by atoms with Crippen molar-refractivity contribution in [1.29, 1.82) is 0 Å². The van der Waals surface area contributed by atoms with Gasteiger partial charge in [0.05, 0.1) is 0 Å². The second-order valence-electron chi connectivity index (χ2n) is 11.6. The van der Waals surface area contributed by atoms with Crippen LogP contribution in [0.1, 0.15) is 33.4 Å². The maximum atomic E-state index is 2.41. The highest BCUT2D eigenvalue weighted by atomic mass is 14.3. The van der Waals surface area contributed by atoms with Gasteiger partial charge in [-0.15, -0.1) is 0 Å². The van der Waals surface area contributed by atoms with E-state index in [2.05, 4.69) is 98.8 Å². The van der Waals surface area contributed by atoms with Crippen LogP contribution in [0, 0.1) is 13.8 Å². The monoisotopic (exact) mass is 484 g/mol. The van der Waals surface area contributed by atoms with Gasteiger partial charge in [0.25, 0.3) is 0 Å². The van der Waals surface area contributed by atoms with Crippen LogP contribution in [0.4, 0.5) is 0 Å². The molecule has 0 nitrogen and oxygen atoms in total. The van der Waals surface area contributed by atoms with Gasteiger partial charge in [-0.2, -0.15) is 0 Å². The van der Waals surface area contributed by atoms with E-state index in [-0.39, 0.29) is 0 Å². The van der Waals surface area contributed by atoms with E-state index < -0.39 is 0 Å². The molecule has 0 heteroatoms. The molecule has 0 atom stereocenters. The Bertz CT molecular complexity index is 2240. The molecule has 0 saturated carbocycles. The number of hydrogen-bond donors (Lipinski definition) is 0. The summed E-state index contributed by atoms with van der Waals surface area (Å²) in [6, 6.07) is 32.1. The van der Waals surface area contributed by atoms with E-state index in [0.717, 1.165) is 0 Å². The van der Waals surface area contributed by atoms with Crippen molar-refractivity contribution >= 4 is 64.6 Å². The molecule has 0 radical (unpaired) electrons. The van der Waals surface area contributed by atoms with Gasteiger partial charge in [0.1, 0.15) is 0 Å². The number of fused-ring (bicyclic) bond motifs is 5. The van der Waals surface area contributed by atoms with E-state index in [1.165, 1.54) is 101 Å². The fraction of sp³-hybridized carbons (Fsp3) is 0.158. The number of benzene rings is 8. The largest absolute Gasteiger partial charge is 0.0610 e. The van der Waals surface area contributed by atoms with Crippen molar-refractivity contribution < 1.29 is 0 Å². The molecule has 0 unspecified atom stereocenters. The second kappa shape index (κ2) is 7.23. The molecule has 0 bridgehead atoms. The predicted molar refractivity (Wildman–Crippen MR) is 165 cm³/mol. The van der Waals surface area contributed by atoms with Crippen molar-refractivity contribution in [3.05, 3.63) is 118 Å². The third-order valence-electron chi connectivity index (χ3n) is 9.73. The minimum atomic E-state index is 1.25. The van der Waals surface area contributed by atoms with Gasteiger partial charge in [-0.1, -0.05) is 84.9 Å². The third kappa shape index (κ3) is 2.56. The SMILES string of the molecule is Cc1ccc2c3c(c4cccc5ccc1c2c54)CC3.Cc1ccc2ccc3c4c(cc5ccc1c2c53)CC4. The van der Waals surface area contributed by atoms with E-state index >= 15 is 0 Å². The molecule has 0 fully saturated rings. The third-order valence-corrected chi connectivity index (χ3v) is 9.73. The highest BCUT2D eigenvalue weighted by molar-refractivity contribution is 6.26. The molecule has 38 heavy (non-hydrogen) atoms. The molecule has 180 valence electrons. The van der Waals surface area contributed by atoms with E-state index in [1.54, 1.807) is 22.3 Å². The van der Waals surface area contributed by atoms with E-state index in [1.807, 2.05) is 0 Å². The standard InChI is InChI=1S/2C19H14/c1-11-2-3-12-4-9-17-16-8-5-13(16)10-14-6-7-15(11)18(12)19(14)17;1-11-5-7-17-15-10-9-14(15)16-4-2-3-12-6-8-13(11)19(17)18(12)16/h2-4,6-7,9-10H,5,8H2,1H3;2-8H,9-10H2,1H3.